The summed E-state index contributed by atoms with van der Waals surface area (Å²) >= 11 is 1.34. The van der Waals surface area contributed by atoms with Crippen LogP contribution in [0.15, 0.2) is 29.9 Å². The molecule has 0 bridgehead atoms. The van der Waals surface area contributed by atoms with E-state index < -0.39 is 0 Å². The highest BCUT2D eigenvalue weighted by Crippen LogP contribution is 2.39. The summed E-state index contributed by atoms with van der Waals surface area (Å²) in [5.41, 5.74) is 1.63. The molecule has 0 radical (unpaired) electrons. The number of nitrogens with one attached hydrogen (secondary N) is 1. The maximum atomic E-state index is 11.3. The SMILES string of the molecule is C#CCN(C)c1ccnc2sc(C=O)c(NC=NCC=C)c12. The van der Waals surface area contributed by atoms with Crippen molar-refractivity contribution in [1.29, 1.82) is 0 Å². The smallest absolute Gasteiger partial charge is 0.162 e. The average molecular weight is 312 g/mol. The van der Waals surface area contributed by atoms with Gasteiger partial charge in [0.15, 0.2) is 6.29 Å². The summed E-state index contributed by atoms with van der Waals surface area (Å²) in [6.45, 7) is 4.58. The highest BCUT2D eigenvalue weighted by molar-refractivity contribution is 7.21. The van der Waals surface area contributed by atoms with E-state index >= 15 is 0 Å². The molecule has 0 aliphatic heterocycles. The molecule has 22 heavy (non-hydrogen) atoms. The van der Waals surface area contributed by atoms with Gasteiger partial charge in [-0.2, -0.15) is 0 Å². The molecule has 2 rings (SSSR count). The van der Waals surface area contributed by atoms with Crippen molar-refractivity contribution < 1.29 is 4.79 Å². The first-order valence-corrected chi connectivity index (χ1v) is 7.41. The molecule has 2 aromatic rings. The Morgan fingerprint density at radius 2 is 2.45 bits per heavy atom. The second-order valence-electron chi connectivity index (χ2n) is 4.46. The molecule has 0 aliphatic rings. The van der Waals surface area contributed by atoms with Gasteiger partial charge >= 0.3 is 0 Å². The monoisotopic (exact) mass is 312 g/mol. The first kappa shape index (κ1) is 15.7. The van der Waals surface area contributed by atoms with E-state index in [9.17, 15) is 4.79 Å². The van der Waals surface area contributed by atoms with Gasteiger partial charge in [-0.25, -0.2) is 4.98 Å². The Morgan fingerprint density at radius 1 is 1.64 bits per heavy atom. The molecule has 0 amide bonds. The summed E-state index contributed by atoms with van der Waals surface area (Å²) in [5, 5.41) is 3.95. The van der Waals surface area contributed by atoms with E-state index in [4.69, 9.17) is 6.42 Å². The first-order valence-electron chi connectivity index (χ1n) is 6.60. The van der Waals surface area contributed by atoms with Crippen molar-refractivity contribution in [2.45, 2.75) is 0 Å². The Balaban J connectivity index is 2.53. The fraction of sp³-hybridized carbons (Fsp3) is 0.188. The van der Waals surface area contributed by atoms with Crippen molar-refractivity contribution in [2.75, 3.05) is 30.4 Å². The van der Waals surface area contributed by atoms with Crippen LogP contribution >= 0.6 is 11.3 Å². The van der Waals surface area contributed by atoms with E-state index in [-0.39, 0.29) is 0 Å². The normalized spacial score (nSPS) is 10.5. The van der Waals surface area contributed by atoms with Crippen molar-refractivity contribution in [3.63, 3.8) is 0 Å². The minimum absolute atomic E-state index is 0.468. The highest BCUT2D eigenvalue weighted by Gasteiger charge is 2.17. The van der Waals surface area contributed by atoms with Crippen LogP contribution in [0.1, 0.15) is 9.67 Å². The number of nitrogens with zero attached hydrogens (tertiary/aromatic N) is 3. The van der Waals surface area contributed by atoms with Gasteiger partial charge in [0.1, 0.15) is 4.83 Å². The number of aliphatic imine (C=N–C) groups is 1. The molecular weight excluding hydrogens is 296 g/mol. The standard InChI is InChI=1S/C16H16N4OS/c1-4-7-17-11-19-15-13(10-21)22-16-14(15)12(6-8-18-16)20(3)9-5-2/h2,4,6,8,10-11H,1,7,9H2,3H3,(H,17,19). The number of aromatic nitrogens is 1. The molecule has 0 spiro atoms. The Labute approximate surface area is 133 Å². The third-order valence-electron chi connectivity index (χ3n) is 2.98. The van der Waals surface area contributed by atoms with E-state index in [1.54, 1.807) is 18.6 Å². The van der Waals surface area contributed by atoms with Gasteiger partial charge in [0.25, 0.3) is 0 Å². The van der Waals surface area contributed by atoms with Gasteiger partial charge in [0.05, 0.1) is 41.1 Å². The number of rotatable bonds is 7. The fourth-order valence-corrected chi connectivity index (χ4v) is 2.97. The molecule has 0 unspecified atom stereocenters. The molecule has 6 heteroatoms. The third-order valence-corrected chi connectivity index (χ3v) is 4.00. The lowest BCUT2D eigenvalue weighted by Crippen LogP contribution is -2.17. The van der Waals surface area contributed by atoms with Crippen LogP contribution in [0.4, 0.5) is 11.4 Å². The topological polar surface area (TPSA) is 57.6 Å². The van der Waals surface area contributed by atoms with E-state index in [1.807, 2.05) is 18.0 Å². The molecule has 0 fully saturated rings. The lowest BCUT2D eigenvalue weighted by atomic mass is 10.2. The Kier molecular flexibility index (Phi) is 5.28. The van der Waals surface area contributed by atoms with E-state index in [0.29, 0.717) is 23.7 Å². The van der Waals surface area contributed by atoms with Crippen molar-refractivity contribution in [3.8, 4) is 12.3 Å². The summed E-state index contributed by atoms with van der Waals surface area (Å²) < 4.78 is 0. The quantitative estimate of drug-likeness (QED) is 0.281. The second-order valence-corrected chi connectivity index (χ2v) is 5.49. The number of aldehydes is 1. The predicted octanol–water partition coefficient (Wildman–Crippen LogP) is 2.80. The second kappa shape index (κ2) is 7.38. The van der Waals surface area contributed by atoms with Crippen LogP contribution < -0.4 is 10.2 Å². The van der Waals surface area contributed by atoms with E-state index in [2.05, 4.69) is 27.8 Å². The number of pyridine rings is 1. The molecular formula is C16H16N4OS. The lowest BCUT2D eigenvalue weighted by molar-refractivity contribution is 0.112. The molecule has 2 heterocycles. The maximum absolute atomic E-state index is 11.3. The first-order chi connectivity index (χ1) is 10.7. The Hall–Kier alpha value is -2.65. The molecule has 1 N–H and O–H groups in total. The number of anilines is 2. The fourth-order valence-electron chi connectivity index (χ4n) is 2.03. The van der Waals surface area contributed by atoms with Gasteiger partial charge < -0.3 is 10.2 Å². The molecule has 5 nitrogen and oxygen atoms in total. The predicted molar refractivity (Wildman–Crippen MR) is 94.3 cm³/mol. The van der Waals surface area contributed by atoms with Crippen molar-refractivity contribution in [1.82, 2.24) is 4.98 Å². The van der Waals surface area contributed by atoms with Gasteiger partial charge in [-0.1, -0.05) is 12.0 Å². The van der Waals surface area contributed by atoms with Crippen LogP contribution in [0.2, 0.25) is 0 Å². The Bertz CT molecular complexity index is 757. The lowest BCUT2D eigenvalue weighted by Gasteiger charge is -2.17. The molecule has 2 aromatic heterocycles. The zero-order chi connectivity index (χ0) is 15.9. The summed E-state index contributed by atoms with van der Waals surface area (Å²) in [5.74, 6) is 2.61. The number of carbonyl (C=O) groups excluding carboxylic acids is 1. The van der Waals surface area contributed by atoms with Gasteiger partial charge in [-0.3, -0.25) is 9.79 Å². The van der Waals surface area contributed by atoms with Crippen molar-refractivity contribution >= 4 is 45.6 Å². The summed E-state index contributed by atoms with van der Waals surface area (Å²) in [6.07, 6.45) is 11.2. The van der Waals surface area contributed by atoms with Gasteiger partial charge in [0.2, 0.25) is 0 Å². The summed E-state index contributed by atoms with van der Waals surface area (Å²) in [6, 6.07) is 1.88. The van der Waals surface area contributed by atoms with Crippen molar-refractivity contribution in [2.24, 2.45) is 4.99 Å². The van der Waals surface area contributed by atoms with Crippen LogP contribution in [0, 0.1) is 12.3 Å². The highest BCUT2D eigenvalue weighted by atomic mass is 32.1. The van der Waals surface area contributed by atoms with Gasteiger partial charge in [-0.05, 0) is 6.07 Å². The van der Waals surface area contributed by atoms with Crippen LogP contribution in [-0.4, -0.2) is 37.7 Å². The Morgan fingerprint density at radius 3 is 3.14 bits per heavy atom. The molecule has 0 aliphatic carbocycles. The molecule has 112 valence electrons. The van der Waals surface area contributed by atoms with Crippen molar-refractivity contribution in [3.05, 3.63) is 29.8 Å². The van der Waals surface area contributed by atoms with Crippen LogP contribution in [-0.2, 0) is 0 Å². The summed E-state index contributed by atoms with van der Waals surface area (Å²) in [4.78, 5) is 23.1. The molecule has 0 atom stereocenters. The number of hydrogen-bond donors (Lipinski definition) is 1. The minimum Gasteiger partial charge on any atom is -0.363 e. The zero-order valence-electron chi connectivity index (χ0n) is 12.2. The van der Waals surface area contributed by atoms with Gasteiger partial charge in [-0.15, -0.1) is 24.3 Å². The van der Waals surface area contributed by atoms with Crippen LogP contribution in [0.25, 0.3) is 10.2 Å². The third kappa shape index (κ3) is 3.15. The number of fused-ring (bicyclic) bond motifs is 1. The average Bonchev–Trinajstić information content (AvgIpc) is 2.89. The van der Waals surface area contributed by atoms with E-state index in [1.165, 1.54) is 11.3 Å². The molecule has 0 saturated heterocycles. The number of hydrogen-bond acceptors (Lipinski definition) is 5. The summed E-state index contributed by atoms with van der Waals surface area (Å²) in [7, 11) is 1.91. The minimum atomic E-state index is 0.468. The van der Waals surface area contributed by atoms with E-state index in [0.717, 1.165) is 22.2 Å². The number of thiophene rings is 1. The van der Waals surface area contributed by atoms with Crippen LogP contribution in [0.3, 0.4) is 0 Å². The number of carbonyl (C=O) groups is 1. The van der Waals surface area contributed by atoms with Gasteiger partial charge in [0, 0.05) is 13.2 Å². The zero-order valence-corrected chi connectivity index (χ0v) is 13.1. The number of terminal acetylenes is 1. The van der Waals surface area contributed by atoms with Crippen LogP contribution in [0.5, 0.6) is 0 Å². The molecule has 0 saturated carbocycles. The maximum Gasteiger partial charge on any atom is 0.162 e. The molecule has 0 aromatic carbocycles. The largest absolute Gasteiger partial charge is 0.363 e.